The van der Waals surface area contributed by atoms with Crippen molar-refractivity contribution in [3.63, 3.8) is 0 Å². The summed E-state index contributed by atoms with van der Waals surface area (Å²) in [6.45, 7) is 4.81. The lowest BCUT2D eigenvalue weighted by atomic mass is 10.1. The van der Waals surface area contributed by atoms with Crippen LogP contribution in [0.4, 0.5) is 10.6 Å². The van der Waals surface area contributed by atoms with E-state index in [9.17, 15) is 19.2 Å². The molecule has 3 rings (SSSR count). The van der Waals surface area contributed by atoms with Gasteiger partial charge in [0.1, 0.15) is 12.1 Å². The van der Waals surface area contributed by atoms with E-state index in [2.05, 4.69) is 10.3 Å². The van der Waals surface area contributed by atoms with E-state index in [1.54, 1.807) is 47.9 Å². The Kier molecular flexibility index (Phi) is 6.50. The summed E-state index contributed by atoms with van der Waals surface area (Å²) in [6, 6.07) is 8.13. The van der Waals surface area contributed by atoms with Gasteiger partial charge >= 0.3 is 11.7 Å². The van der Waals surface area contributed by atoms with E-state index in [0.29, 0.717) is 38.3 Å². The van der Waals surface area contributed by atoms with Gasteiger partial charge in [0, 0.05) is 38.8 Å². The number of hydrogen-bond acceptors (Lipinski definition) is 6. The zero-order chi connectivity index (χ0) is 22.6. The molecule has 0 unspecified atom stereocenters. The minimum Gasteiger partial charge on any atom is -0.338 e. The van der Waals surface area contributed by atoms with Crippen LogP contribution in [0.1, 0.15) is 19.4 Å². The first-order chi connectivity index (χ1) is 14.7. The van der Waals surface area contributed by atoms with Crippen molar-refractivity contribution in [2.75, 3.05) is 31.5 Å². The van der Waals surface area contributed by atoms with Gasteiger partial charge in [0.2, 0.25) is 5.91 Å². The first-order valence-electron chi connectivity index (χ1n) is 9.96. The predicted molar refractivity (Wildman–Crippen MR) is 115 cm³/mol. The van der Waals surface area contributed by atoms with Crippen molar-refractivity contribution in [1.29, 1.82) is 0 Å². The molecule has 0 bridgehead atoms. The maximum Gasteiger partial charge on any atom is 0.354 e. The first-order valence-corrected chi connectivity index (χ1v) is 9.96. The van der Waals surface area contributed by atoms with Gasteiger partial charge in [0.05, 0.1) is 11.2 Å². The molecule has 31 heavy (non-hydrogen) atoms. The molecule has 0 radical (unpaired) electrons. The molecule has 3 N–H and O–H groups in total. The fourth-order valence-corrected chi connectivity index (χ4v) is 3.27. The zero-order valence-corrected chi connectivity index (χ0v) is 17.6. The second-order valence-electron chi connectivity index (χ2n) is 7.93. The Labute approximate surface area is 179 Å². The van der Waals surface area contributed by atoms with E-state index in [1.807, 2.05) is 0 Å². The zero-order valence-electron chi connectivity index (χ0n) is 17.6. The summed E-state index contributed by atoms with van der Waals surface area (Å²) in [5.41, 5.74) is 5.82. The van der Waals surface area contributed by atoms with E-state index >= 15 is 0 Å². The Bertz CT molecular complexity index is 1020. The SMILES string of the molecule is CC(C)(N)C(=O)N1CCN(C(=O)Nc2ccn(-c3ccc(CC=O)cc3)c(=O)n2)CC1. The van der Waals surface area contributed by atoms with Gasteiger partial charge in [-0.3, -0.25) is 14.7 Å². The molecular weight excluding hydrogens is 400 g/mol. The summed E-state index contributed by atoms with van der Waals surface area (Å²) in [5, 5.41) is 2.63. The van der Waals surface area contributed by atoms with Gasteiger partial charge in [0.25, 0.3) is 0 Å². The molecule has 3 amide bonds. The summed E-state index contributed by atoms with van der Waals surface area (Å²) < 4.78 is 1.35. The number of nitrogens with one attached hydrogen (secondary N) is 1. The van der Waals surface area contributed by atoms with Crippen LogP contribution in [0.5, 0.6) is 0 Å². The van der Waals surface area contributed by atoms with Crippen LogP contribution in [0.15, 0.2) is 41.3 Å². The van der Waals surface area contributed by atoms with Crippen LogP contribution < -0.4 is 16.7 Å². The third kappa shape index (κ3) is 5.34. The number of carbonyl (C=O) groups is 3. The molecule has 10 heteroatoms. The van der Waals surface area contributed by atoms with Crippen LogP contribution in [0.2, 0.25) is 0 Å². The number of piperazine rings is 1. The van der Waals surface area contributed by atoms with Gasteiger partial charge in [-0.25, -0.2) is 9.59 Å². The molecule has 0 saturated carbocycles. The first kappa shape index (κ1) is 22.2. The summed E-state index contributed by atoms with van der Waals surface area (Å²) in [6.07, 6.45) is 2.65. The van der Waals surface area contributed by atoms with Crippen LogP contribution in [-0.4, -0.2) is 69.3 Å². The van der Waals surface area contributed by atoms with Crippen LogP contribution in [0.25, 0.3) is 5.69 Å². The second kappa shape index (κ2) is 9.09. The molecule has 2 heterocycles. The average Bonchev–Trinajstić information content (AvgIpc) is 2.74. The van der Waals surface area contributed by atoms with E-state index in [0.717, 1.165) is 11.8 Å². The predicted octanol–water partition coefficient (Wildman–Crippen LogP) is 0.387. The molecular formula is C21H26N6O4. The Morgan fingerprint density at radius 2 is 1.71 bits per heavy atom. The molecule has 1 aliphatic rings. The van der Waals surface area contributed by atoms with Crippen molar-refractivity contribution < 1.29 is 14.4 Å². The molecule has 0 aliphatic carbocycles. The monoisotopic (exact) mass is 426 g/mol. The summed E-state index contributed by atoms with van der Waals surface area (Å²) in [4.78, 5) is 54.9. The Hall–Kier alpha value is -3.53. The number of aromatic nitrogens is 2. The smallest absolute Gasteiger partial charge is 0.338 e. The number of carbonyl (C=O) groups excluding carboxylic acids is 3. The van der Waals surface area contributed by atoms with Crippen molar-refractivity contribution in [1.82, 2.24) is 19.4 Å². The number of amides is 3. The fraction of sp³-hybridized carbons (Fsp3) is 0.381. The number of urea groups is 1. The van der Waals surface area contributed by atoms with E-state index in [-0.39, 0.29) is 17.8 Å². The van der Waals surface area contributed by atoms with Crippen LogP contribution in [0.3, 0.4) is 0 Å². The Morgan fingerprint density at radius 3 is 2.26 bits per heavy atom. The summed E-state index contributed by atoms with van der Waals surface area (Å²) in [5.74, 6) is -0.0116. The van der Waals surface area contributed by atoms with Gasteiger partial charge in [-0.2, -0.15) is 4.98 Å². The number of benzene rings is 1. The lowest BCUT2D eigenvalue weighted by Crippen LogP contribution is -2.58. The Balaban J connectivity index is 1.61. The number of rotatable bonds is 5. The topological polar surface area (TPSA) is 131 Å². The number of nitrogens with two attached hydrogens (primary N) is 1. The van der Waals surface area contributed by atoms with Gasteiger partial charge in [0.15, 0.2) is 0 Å². The van der Waals surface area contributed by atoms with Crippen LogP contribution in [0, 0.1) is 0 Å². The standard InChI is InChI=1S/C21H26N6O4/c1-21(2,22)18(29)25-10-12-26(13-11-25)19(30)23-17-7-9-27(20(31)24-17)16-5-3-15(4-6-16)8-14-28/h3-7,9,14H,8,10-13,22H2,1-2H3,(H,23,24,30,31). The Morgan fingerprint density at radius 1 is 1.10 bits per heavy atom. The highest BCUT2D eigenvalue weighted by atomic mass is 16.2. The van der Waals surface area contributed by atoms with E-state index in [4.69, 9.17) is 5.73 Å². The molecule has 2 aromatic rings. The average molecular weight is 426 g/mol. The molecule has 1 aromatic heterocycles. The molecule has 0 spiro atoms. The number of aldehydes is 1. The molecule has 1 saturated heterocycles. The lowest BCUT2D eigenvalue weighted by molar-refractivity contribution is -0.137. The van der Waals surface area contributed by atoms with Crippen molar-refractivity contribution >= 4 is 24.0 Å². The van der Waals surface area contributed by atoms with Crippen molar-refractivity contribution in [3.8, 4) is 5.69 Å². The molecule has 1 aromatic carbocycles. The molecule has 1 fully saturated rings. The molecule has 1 aliphatic heterocycles. The van der Waals surface area contributed by atoms with E-state index in [1.165, 1.54) is 16.8 Å². The third-order valence-electron chi connectivity index (χ3n) is 4.98. The number of hydrogen-bond donors (Lipinski definition) is 2. The van der Waals surface area contributed by atoms with Crippen LogP contribution in [-0.2, 0) is 16.0 Å². The second-order valence-corrected chi connectivity index (χ2v) is 7.93. The third-order valence-corrected chi connectivity index (χ3v) is 4.98. The maximum absolute atomic E-state index is 12.5. The van der Waals surface area contributed by atoms with Gasteiger partial charge in [-0.1, -0.05) is 12.1 Å². The number of nitrogens with zero attached hydrogens (tertiary/aromatic N) is 4. The molecule has 164 valence electrons. The fourth-order valence-electron chi connectivity index (χ4n) is 3.27. The van der Waals surface area contributed by atoms with Crippen LogP contribution >= 0.6 is 0 Å². The summed E-state index contributed by atoms with van der Waals surface area (Å²) in [7, 11) is 0. The minimum absolute atomic E-state index is 0.144. The molecule has 10 nitrogen and oxygen atoms in total. The maximum atomic E-state index is 12.5. The summed E-state index contributed by atoms with van der Waals surface area (Å²) >= 11 is 0. The normalized spacial score (nSPS) is 14.3. The van der Waals surface area contributed by atoms with E-state index < -0.39 is 11.2 Å². The largest absolute Gasteiger partial charge is 0.354 e. The van der Waals surface area contributed by atoms with Gasteiger partial charge in [-0.05, 0) is 37.6 Å². The minimum atomic E-state index is -0.951. The molecule has 0 atom stereocenters. The van der Waals surface area contributed by atoms with Crippen molar-refractivity contribution in [2.45, 2.75) is 25.8 Å². The highest BCUT2D eigenvalue weighted by Gasteiger charge is 2.31. The number of anilines is 1. The van der Waals surface area contributed by atoms with Crippen molar-refractivity contribution in [3.05, 3.63) is 52.6 Å². The quantitative estimate of drug-likeness (QED) is 0.665. The highest BCUT2D eigenvalue weighted by molar-refractivity contribution is 5.89. The van der Waals surface area contributed by atoms with Gasteiger partial charge < -0.3 is 20.3 Å². The van der Waals surface area contributed by atoms with Crippen molar-refractivity contribution in [2.24, 2.45) is 5.73 Å². The lowest BCUT2D eigenvalue weighted by Gasteiger charge is -2.37. The van der Waals surface area contributed by atoms with Gasteiger partial charge in [-0.15, -0.1) is 0 Å². The highest BCUT2D eigenvalue weighted by Crippen LogP contribution is 2.12.